The molecule has 0 bridgehead atoms. The van der Waals surface area contributed by atoms with Crippen molar-refractivity contribution in [1.29, 1.82) is 0 Å². The zero-order chi connectivity index (χ0) is 25.8. The van der Waals surface area contributed by atoms with Gasteiger partial charge in [0.2, 0.25) is 0 Å². The summed E-state index contributed by atoms with van der Waals surface area (Å²) in [7, 11) is 0. The van der Waals surface area contributed by atoms with E-state index in [1.807, 2.05) is 58.0 Å². The second-order valence-electron chi connectivity index (χ2n) is 9.61. The maximum absolute atomic E-state index is 13.5. The molecule has 3 rings (SSSR count). The van der Waals surface area contributed by atoms with Crippen molar-refractivity contribution in [2.45, 2.75) is 78.5 Å². The van der Waals surface area contributed by atoms with Gasteiger partial charge in [0.05, 0.1) is 6.54 Å². The molecule has 1 fully saturated rings. The fourth-order valence-electron chi connectivity index (χ4n) is 4.51. The molecule has 2 aromatic rings. The molecule has 2 atom stereocenters. The molecule has 2 aromatic carbocycles. The second kappa shape index (κ2) is 10.9. The van der Waals surface area contributed by atoms with Crippen LogP contribution in [0.15, 0.2) is 42.5 Å². The molecule has 3 amide bonds. The van der Waals surface area contributed by atoms with E-state index in [0.717, 1.165) is 36.0 Å². The standard InChI is InChI=1S/C28H36N2O5/c1-6-16-30-27(34)29(18-23-10-9-19(2)20(3)17-23)26(33)28(30,5)15-7-8-22-11-13-24(14-12-22)35-21(4)25(31)32/h9-14,17,21H,6-8,15-16,18H2,1-5H3,(H,31,32). The number of hydrogen-bond acceptors (Lipinski definition) is 4. The van der Waals surface area contributed by atoms with Crippen molar-refractivity contribution >= 4 is 17.9 Å². The average molecular weight is 481 g/mol. The van der Waals surface area contributed by atoms with Crippen molar-refractivity contribution in [2.24, 2.45) is 0 Å². The number of hydrogen-bond donors (Lipinski definition) is 1. The molecule has 35 heavy (non-hydrogen) atoms. The summed E-state index contributed by atoms with van der Waals surface area (Å²) in [6.07, 6.45) is 1.91. The van der Waals surface area contributed by atoms with Crippen LogP contribution in [0.3, 0.4) is 0 Å². The van der Waals surface area contributed by atoms with E-state index >= 15 is 0 Å². The lowest BCUT2D eigenvalue weighted by atomic mass is 9.91. The molecular formula is C28H36N2O5. The number of aliphatic carboxylic acids is 1. The molecule has 0 spiro atoms. The minimum atomic E-state index is -1.01. The number of rotatable bonds is 11. The van der Waals surface area contributed by atoms with Crippen molar-refractivity contribution in [2.75, 3.05) is 6.54 Å². The van der Waals surface area contributed by atoms with Crippen LogP contribution in [0.1, 0.15) is 62.3 Å². The van der Waals surface area contributed by atoms with E-state index in [1.54, 1.807) is 17.0 Å². The summed E-state index contributed by atoms with van der Waals surface area (Å²) in [5.41, 5.74) is 3.47. The molecule has 0 aliphatic carbocycles. The molecule has 1 aliphatic heterocycles. The first-order valence-corrected chi connectivity index (χ1v) is 12.2. The number of carbonyl (C=O) groups excluding carboxylic acids is 2. The van der Waals surface area contributed by atoms with Crippen LogP contribution in [0.4, 0.5) is 4.79 Å². The SMILES string of the molecule is CCCN1C(=O)N(Cc2ccc(C)c(C)c2)C(=O)C1(C)CCCc1ccc(OC(C)C(=O)O)cc1. The number of carboxylic acid groups (broad SMARTS) is 1. The van der Waals surface area contributed by atoms with Gasteiger partial charge in [-0.25, -0.2) is 9.59 Å². The Hall–Kier alpha value is -3.35. The fourth-order valence-corrected chi connectivity index (χ4v) is 4.51. The van der Waals surface area contributed by atoms with Crippen LogP contribution in [-0.4, -0.2) is 51.0 Å². The van der Waals surface area contributed by atoms with E-state index in [9.17, 15) is 14.4 Å². The molecule has 7 nitrogen and oxygen atoms in total. The van der Waals surface area contributed by atoms with Gasteiger partial charge in [-0.1, -0.05) is 37.3 Å². The van der Waals surface area contributed by atoms with E-state index in [1.165, 1.54) is 17.4 Å². The van der Waals surface area contributed by atoms with Gasteiger partial charge < -0.3 is 14.7 Å². The first-order chi connectivity index (χ1) is 16.6. The maximum atomic E-state index is 13.5. The Balaban J connectivity index is 1.67. The lowest BCUT2D eigenvalue weighted by Gasteiger charge is -2.31. The number of carboxylic acids is 1. The molecule has 1 aliphatic rings. The van der Waals surface area contributed by atoms with Gasteiger partial charge in [-0.15, -0.1) is 0 Å². The summed E-state index contributed by atoms with van der Waals surface area (Å²) in [5, 5.41) is 8.98. The molecule has 1 saturated heterocycles. The topological polar surface area (TPSA) is 87.2 Å². The van der Waals surface area contributed by atoms with E-state index < -0.39 is 17.6 Å². The van der Waals surface area contributed by atoms with Crippen LogP contribution in [0, 0.1) is 13.8 Å². The molecule has 0 aromatic heterocycles. The number of imide groups is 1. The van der Waals surface area contributed by atoms with Gasteiger partial charge in [0.1, 0.15) is 11.3 Å². The highest BCUT2D eigenvalue weighted by Gasteiger charge is 2.53. The summed E-state index contributed by atoms with van der Waals surface area (Å²) < 4.78 is 5.38. The van der Waals surface area contributed by atoms with Gasteiger partial charge in [-0.2, -0.15) is 0 Å². The van der Waals surface area contributed by atoms with Gasteiger partial charge in [-0.05, 0) is 87.8 Å². The maximum Gasteiger partial charge on any atom is 0.344 e. The third-order valence-electron chi connectivity index (χ3n) is 6.84. The van der Waals surface area contributed by atoms with E-state index in [0.29, 0.717) is 18.7 Å². The fraction of sp³-hybridized carbons (Fsp3) is 0.464. The van der Waals surface area contributed by atoms with E-state index in [-0.39, 0.29) is 18.5 Å². The number of carbonyl (C=O) groups is 3. The summed E-state index contributed by atoms with van der Waals surface area (Å²) in [6, 6.07) is 13.2. The van der Waals surface area contributed by atoms with Crippen LogP contribution in [0.2, 0.25) is 0 Å². The van der Waals surface area contributed by atoms with Gasteiger partial charge in [-0.3, -0.25) is 9.69 Å². The quantitative estimate of drug-likeness (QED) is 0.452. The molecule has 1 N–H and O–H groups in total. The van der Waals surface area contributed by atoms with E-state index in [2.05, 4.69) is 0 Å². The van der Waals surface area contributed by atoms with Gasteiger partial charge in [0, 0.05) is 6.54 Å². The van der Waals surface area contributed by atoms with Crippen LogP contribution < -0.4 is 4.74 Å². The summed E-state index contributed by atoms with van der Waals surface area (Å²) in [4.78, 5) is 40.9. The summed E-state index contributed by atoms with van der Waals surface area (Å²) in [5.74, 6) is -0.648. The van der Waals surface area contributed by atoms with E-state index in [4.69, 9.17) is 9.84 Å². The molecular weight excluding hydrogens is 444 g/mol. The Labute approximate surface area is 207 Å². The lowest BCUT2D eigenvalue weighted by Crippen LogP contribution is -2.47. The number of aryl methyl sites for hydroxylation is 3. The Kier molecular flexibility index (Phi) is 8.20. The molecule has 188 valence electrons. The molecule has 1 heterocycles. The summed E-state index contributed by atoms with van der Waals surface area (Å²) >= 11 is 0. The first-order valence-electron chi connectivity index (χ1n) is 12.2. The lowest BCUT2D eigenvalue weighted by molar-refractivity contribution is -0.144. The van der Waals surface area contributed by atoms with Crippen LogP contribution in [0.5, 0.6) is 5.75 Å². The van der Waals surface area contributed by atoms with Gasteiger partial charge in [0.15, 0.2) is 6.10 Å². The van der Waals surface area contributed by atoms with Crippen LogP contribution >= 0.6 is 0 Å². The van der Waals surface area contributed by atoms with Crippen molar-refractivity contribution in [3.05, 3.63) is 64.7 Å². The monoisotopic (exact) mass is 480 g/mol. The predicted octanol–water partition coefficient (Wildman–Crippen LogP) is 5.11. The van der Waals surface area contributed by atoms with Crippen molar-refractivity contribution in [3.8, 4) is 5.75 Å². The minimum absolute atomic E-state index is 0.138. The third-order valence-corrected chi connectivity index (χ3v) is 6.84. The number of nitrogens with zero attached hydrogens (tertiary/aromatic N) is 2. The number of ether oxygens (including phenoxy) is 1. The molecule has 0 radical (unpaired) electrons. The number of benzene rings is 2. The van der Waals surface area contributed by atoms with Crippen molar-refractivity contribution < 1.29 is 24.2 Å². The van der Waals surface area contributed by atoms with Crippen LogP contribution in [-0.2, 0) is 22.6 Å². The third kappa shape index (κ3) is 5.84. The Morgan fingerprint density at radius 2 is 1.71 bits per heavy atom. The molecule has 2 unspecified atom stereocenters. The van der Waals surface area contributed by atoms with Gasteiger partial charge >= 0.3 is 12.0 Å². The highest BCUT2D eigenvalue weighted by molar-refractivity contribution is 6.06. The average Bonchev–Trinajstić information content (AvgIpc) is 2.99. The zero-order valence-electron chi connectivity index (χ0n) is 21.3. The largest absolute Gasteiger partial charge is 0.479 e. The Bertz CT molecular complexity index is 1080. The number of amides is 3. The minimum Gasteiger partial charge on any atom is -0.479 e. The van der Waals surface area contributed by atoms with Crippen molar-refractivity contribution in [3.63, 3.8) is 0 Å². The first kappa shape index (κ1) is 26.3. The predicted molar refractivity (Wildman–Crippen MR) is 134 cm³/mol. The van der Waals surface area contributed by atoms with Crippen LogP contribution in [0.25, 0.3) is 0 Å². The second-order valence-corrected chi connectivity index (χ2v) is 9.61. The normalized spacial score (nSPS) is 18.8. The highest BCUT2D eigenvalue weighted by atomic mass is 16.5. The smallest absolute Gasteiger partial charge is 0.344 e. The Morgan fingerprint density at radius 1 is 1.06 bits per heavy atom. The molecule has 7 heteroatoms. The van der Waals surface area contributed by atoms with Crippen molar-refractivity contribution in [1.82, 2.24) is 9.80 Å². The Morgan fingerprint density at radius 3 is 2.31 bits per heavy atom. The van der Waals surface area contributed by atoms with Gasteiger partial charge in [0.25, 0.3) is 5.91 Å². The summed E-state index contributed by atoms with van der Waals surface area (Å²) in [6.45, 7) is 10.3. The molecule has 0 saturated carbocycles. The zero-order valence-corrected chi connectivity index (χ0v) is 21.3. The number of urea groups is 1. The highest BCUT2D eigenvalue weighted by Crippen LogP contribution is 2.34.